The fraction of sp³-hybridized carbons (Fsp3) is 0.417. The van der Waals surface area contributed by atoms with Crippen LogP contribution >= 0.6 is 0 Å². The summed E-state index contributed by atoms with van der Waals surface area (Å²) in [5.41, 5.74) is 0.907. The maximum atomic E-state index is 13.3. The summed E-state index contributed by atoms with van der Waals surface area (Å²) in [4.78, 5) is 11.9. The summed E-state index contributed by atoms with van der Waals surface area (Å²) in [5, 5.41) is 8.82. The highest BCUT2D eigenvalue weighted by molar-refractivity contribution is 5.67. The number of carboxylic acid groups (broad SMARTS) is 1. The van der Waals surface area contributed by atoms with Crippen LogP contribution in [0.2, 0.25) is 0 Å². The average molecular weight is 239 g/mol. The summed E-state index contributed by atoms with van der Waals surface area (Å²) in [5.74, 6) is 0.731. The van der Waals surface area contributed by atoms with E-state index in [9.17, 15) is 9.18 Å². The van der Waals surface area contributed by atoms with E-state index < -0.39 is 18.3 Å². The van der Waals surface area contributed by atoms with Crippen molar-refractivity contribution < 1.29 is 19.0 Å². The van der Waals surface area contributed by atoms with Gasteiger partial charge in [-0.3, -0.25) is 4.90 Å². The van der Waals surface area contributed by atoms with Crippen molar-refractivity contribution in [1.29, 1.82) is 0 Å². The van der Waals surface area contributed by atoms with Crippen molar-refractivity contribution in [3.8, 4) is 5.75 Å². The second-order valence-electron chi connectivity index (χ2n) is 4.07. The van der Waals surface area contributed by atoms with Crippen LogP contribution in [0.4, 0.5) is 9.18 Å². The van der Waals surface area contributed by atoms with Crippen LogP contribution in [-0.2, 0) is 6.42 Å². The number of hydrogen-bond donors (Lipinski definition) is 1. The minimum Gasteiger partial charge on any atom is -0.497 e. The SMILES string of the molecule is COc1ccc(C[C@H]2[C@H](F)CN2C(=O)O)cc1. The fourth-order valence-electron chi connectivity index (χ4n) is 1.96. The maximum absolute atomic E-state index is 13.3. The molecule has 1 heterocycles. The molecule has 1 fully saturated rings. The van der Waals surface area contributed by atoms with Gasteiger partial charge in [-0.15, -0.1) is 0 Å². The largest absolute Gasteiger partial charge is 0.497 e. The molecule has 2 atom stereocenters. The average Bonchev–Trinajstić information content (AvgIpc) is 2.33. The van der Waals surface area contributed by atoms with Gasteiger partial charge in [0.25, 0.3) is 0 Å². The highest BCUT2D eigenvalue weighted by Gasteiger charge is 2.42. The Morgan fingerprint density at radius 2 is 2.18 bits per heavy atom. The van der Waals surface area contributed by atoms with Gasteiger partial charge in [-0.05, 0) is 24.1 Å². The Morgan fingerprint density at radius 3 is 2.65 bits per heavy atom. The maximum Gasteiger partial charge on any atom is 0.407 e. The van der Waals surface area contributed by atoms with E-state index in [1.807, 2.05) is 12.1 Å². The van der Waals surface area contributed by atoms with E-state index in [1.165, 1.54) is 0 Å². The number of hydrogen-bond acceptors (Lipinski definition) is 2. The predicted molar refractivity (Wildman–Crippen MR) is 60.1 cm³/mol. The van der Waals surface area contributed by atoms with E-state index in [4.69, 9.17) is 9.84 Å². The number of alkyl halides is 1. The number of ether oxygens (including phenoxy) is 1. The molecule has 1 aromatic rings. The van der Waals surface area contributed by atoms with Crippen molar-refractivity contribution in [3.05, 3.63) is 29.8 Å². The molecule has 0 bridgehead atoms. The first-order valence-electron chi connectivity index (χ1n) is 5.38. The van der Waals surface area contributed by atoms with E-state index in [2.05, 4.69) is 0 Å². The van der Waals surface area contributed by atoms with Gasteiger partial charge in [0, 0.05) is 0 Å². The molecule has 1 amide bonds. The third-order valence-electron chi connectivity index (χ3n) is 3.04. The summed E-state index contributed by atoms with van der Waals surface area (Å²) >= 11 is 0. The molecule has 2 rings (SSSR count). The number of methoxy groups -OCH3 is 1. The number of benzene rings is 1. The van der Waals surface area contributed by atoms with E-state index in [1.54, 1.807) is 19.2 Å². The Hall–Kier alpha value is -1.78. The minimum absolute atomic E-state index is 0.0177. The molecular formula is C12H14FNO3. The standard InChI is InChI=1S/C12H14FNO3/c1-17-9-4-2-8(3-5-9)6-11-10(13)7-14(11)12(15)16/h2-5,10-11H,6-7H2,1H3,(H,15,16)/t10-,11+/m1/s1. The smallest absolute Gasteiger partial charge is 0.407 e. The Labute approximate surface area is 98.6 Å². The summed E-state index contributed by atoms with van der Waals surface area (Å²) in [6, 6.07) is 6.66. The molecule has 92 valence electrons. The molecule has 1 aromatic carbocycles. The molecule has 0 aliphatic carbocycles. The number of carbonyl (C=O) groups is 1. The monoisotopic (exact) mass is 239 g/mol. The van der Waals surface area contributed by atoms with Crippen LogP contribution in [0.15, 0.2) is 24.3 Å². The molecule has 1 aliphatic rings. The third-order valence-corrected chi connectivity index (χ3v) is 3.04. The molecular weight excluding hydrogens is 225 g/mol. The molecule has 1 saturated heterocycles. The van der Waals surface area contributed by atoms with Gasteiger partial charge in [0.15, 0.2) is 0 Å². The zero-order chi connectivity index (χ0) is 12.4. The van der Waals surface area contributed by atoms with Crippen LogP contribution in [0, 0.1) is 0 Å². The quantitative estimate of drug-likeness (QED) is 0.876. The van der Waals surface area contributed by atoms with Crippen LogP contribution < -0.4 is 4.74 Å². The van der Waals surface area contributed by atoms with Crippen LogP contribution in [-0.4, -0.2) is 42.0 Å². The topological polar surface area (TPSA) is 49.8 Å². The van der Waals surface area contributed by atoms with Crippen molar-refractivity contribution in [1.82, 2.24) is 4.90 Å². The highest BCUT2D eigenvalue weighted by Crippen LogP contribution is 2.25. The van der Waals surface area contributed by atoms with Crippen molar-refractivity contribution >= 4 is 6.09 Å². The van der Waals surface area contributed by atoms with E-state index in [0.717, 1.165) is 16.2 Å². The molecule has 0 aromatic heterocycles. The lowest BCUT2D eigenvalue weighted by Gasteiger charge is -2.42. The highest BCUT2D eigenvalue weighted by atomic mass is 19.1. The van der Waals surface area contributed by atoms with E-state index in [-0.39, 0.29) is 6.54 Å². The van der Waals surface area contributed by atoms with E-state index in [0.29, 0.717) is 6.42 Å². The molecule has 0 unspecified atom stereocenters. The first-order chi connectivity index (χ1) is 8.11. The molecule has 1 N–H and O–H groups in total. The van der Waals surface area contributed by atoms with Gasteiger partial charge in [0.1, 0.15) is 11.9 Å². The van der Waals surface area contributed by atoms with Crippen LogP contribution in [0.25, 0.3) is 0 Å². The van der Waals surface area contributed by atoms with Crippen molar-refractivity contribution in [3.63, 3.8) is 0 Å². The van der Waals surface area contributed by atoms with Crippen molar-refractivity contribution in [2.24, 2.45) is 0 Å². The molecule has 5 heteroatoms. The summed E-state index contributed by atoms with van der Waals surface area (Å²) < 4.78 is 18.3. The van der Waals surface area contributed by atoms with Gasteiger partial charge in [-0.2, -0.15) is 0 Å². The molecule has 0 spiro atoms. The predicted octanol–water partition coefficient (Wildman–Crippen LogP) is 1.94. The second-order valence-corrected chi connectivity index (χ2v) is 4.07. The number of nitrogens with zero attached hydrogens (tertiary/aromatic N) is 1. The lowest BCUT2D eigenvalue weighted by molar-refractivity contribution is 0.00242. The Morgan fingerprint density at radius 1 is 1.53 bits per heavy atom. The Bertz CT molecular complexity index is 407. The molecule has 4 nitrogen and oxygen atoms in total. The molecule has 0 saturated carbocycles. The van der Waals surface area contributed by atoms with Gasteiger partial charge in [-0.1, -0.05) is 12.1 Å². The Balaban J connectivity index is 2.02. The second kappa shape index (κ2) is 4.61. The lowest BCUT2D eigenvalue weighted by atomic mass is 9.94. The Kier molecular flexibility index (Phi) is 3.17. The van der Waals surface area contributed by atoms with Gasteiger partial charge in [-0.25, -0.2) is 9.18 Å². The first kappa shape index (κ1) is 11.7. The van der Waals surface area contributed by atoms with Gasteiger partial charge < -0.3 is 9.84 Å². The van der Waals surface area contributed by atoms with Crippen molar-refractivity contribution in [2.45, 2.75) is 18.6 Å². The first-order valence-corrected chi connectivity index (χ1v) is 5.38. The summed E-state index contributed by atoms with van der Waals surface area (Å²) in [6.07, 6.45) is -1.72. The van der Waals surface area contributed by atoms with Crippen LogP contribution in [0.1, 0.15) is 5.56 Å². The third kappa shape index (κ3) is 2.33. The summed E-state index contributed by atoms with van der Waals surface area (Å²) in [6.45, 7) is -0.0177. The van der Waals surface area contributed by atoms with E-state index >= 15 is 0 Å². The molecule has 17 heavy (non-hydrogen) atoms. The number of amides is 1. The van der Waals surface area contributed by atoms with Crippen LogP contribution in [0.3, 0.4) is 0 Å². The number of halogens is 1. The zero-order valence-electron chi connectivity index (χ0n) is 9.47. The molecule has 0 radical (unpaired) electrons. The number of rotatable bonds is 3. The zero-order valence-corrected chi connectivity index (χ0v) is 9.47. The fourth-order valence-corrected chi connectivity index (χ4v) is 1.96. The van der Waals surface area contributed by atoms with Gasteiger partial charge in [0.2, 0.25) is 0 Å². The summed E-state index contributed by atoms with van der Waals surface area (Å²) in [7, 11) is 1.57. The van der Waals surface area contributed by atoms with Gasteiger partial charge >= 0.3 is 6.09 Å². The lowest BCUT2D eigenvalue weighted by Crippen LogP contribution is -2.60. The van der Waals surface area contributed by atoms with Crippen molar-refractivity contribution in [2.75, 3.05) is 13.7 Å². The molecule has 1 aliphatic heterocycles. The normalized spacial score (nSPS) is 23.1. The van der Waals surface area contributed by atoms with Gasteiger partial charge in [0.05, 0.1) is 19.7 Å². The van der Waals surface area contributed by atoms with Crippen LogP contribution in [0.5, 0.6) is 5.75 Å². The number of likely N-dealkylation sites (tertiary alicyclic amines) is 1. The minimum atomic E-state index is -1.06.